The molecular weight excluding hydrogens is 346 g/mol. The van der Waals surface area contributed by atoms with Gasteiger partial charge in [-0.25, -0.2) is 14.2 Å². The van der Waals surface area contributed by atoms with E-state index in [1.54, 1.807) is 19.9 Å². The summed E-state index contributed by atoms with van der Waals surface area (Å²) in [4.78, 5) is 27.6. The number of nitrogens with two attached hydrogens (primary N) is 2. The molecule has 140 valence electrons. The van der Waals surface area contributed by atoms with E-state index in [1.807, 2.05) is 0 Å². The van der Waals surface area contributed by atoms with E-state index in [1.165, 1.54) is 6.07 Å². The number of anilines is 1. The standard InChI is InChI=1S/C15H19N5O6/c1-7(2)10(18)13(23)25-11-8(5-21)26-15(6-16,12(11)22)20-4-3-9(17)19-14(20)24/h3-4,7,10,12,21-22H,5,18H2,1-2H3,(H2,17,19,24)/t10-,12?,15-/m1/s1. The van der Waals surface area contributed by atoms with Crippen LogP contribution in [0.15, 0.2) is 28.6 Å². The number of esters is 1. The minimum Gasteiger partial charge on any atom is -0.449 e. The van der Waals surface area contributed by atoms with Crippen LogP contribution in [0, 0.1) is 17.2 Å². The molecule has 0 amide bonds. The Bertz CT molecular complexity index is 842. The molecule has 1 aromatic rings. The van der Waals surface area contributed by atoms with Crippen molar-refractivity contribution in [1.29, 1.82) is 5.26 Å². The molecule has 1 aliphatic rings. The van der Waals surface area contributed by atoms with Crippen LogP contribution in [0.2, 0.25) is 0 Å². The van der Waals surface area contributed by atoms with Crippen molar-refractivity contribution >= 4 is 11.8 Å². The Kier molecular flexibility index (Phi) is 5.31. The summed E-state index contributed by atoms with van der Waals surface area (Å²) in [5.74, 6) is -2.13. The number of carbonyl (C=O) groups excluding carboxylic acids is 1. The van der Waals surface area contributed by atoms with Gasteiger partial charge in [0.25, 0.3) is 0 Å². The number of carbonyl (C=O) groups is 1. The van der Waals surface area contributed by atoms with E-state index in [0.717, 1.165) is 6.20 Å². The second kappa shape index (κ2) is 7.12. The number of ether oxygens (including phenoxy) is 2. The average molecular weight is 365 g/mol. The molecular formula is C15H19N5O6. The van der Waals surface area contributed by atoms with Crippen molar-refractivity contribution in [2.75, 3.05) is 12.3 Å². The summed E-state index contributed by atoms with van der Waals surface area (Å²) in [5, 5.41) is 29.6. The molecule has 0 spiro atoms. The predicted molar refractivity (Wildman–Crippen MR) is 86.6 cm³/mol. The summed E-state index contributed by atoms with van der Waals surface area (Å²) >= 11 is 0. The molecule has 0 saturated carbocycles. The molecule has 11 heteroatoms. The molecule has 1 unspecified atom stereocenters. The molecule has 0 bridgehead atoms. The fourth-order valence-electron chi connectivity index (χ4n) is 2.28. The minimum absolute atomic E-state index is 0.100. The van der Waals surface area contributed by atoms with Crippen molar-refractivity contribution in [2.45, 2.75) is 31.7 Å². The average Bonchev–Trinajstić information content (AvgIpc) is 2.87. The van der Waals surface area contributed by atoms with Gasteiger partial charge in [-0.15, -0.1) is 0 Å². The molecule has 0 saturated heterocycles. The van der Waals surface area contributed by atoms with Crippen molar-refractivity contribution in [2.24, 2.45) is 11.7 Å². The molecule has 11 nitrogen and oxygen atoms in total. The quantitative estimate of drug-likeness (QED) is 0.430. The van der Waals surface area contributed by atoms with Crippen molar-refractivity contribution < 1.29 is 24.5 Å². The Balaban J connectivity index is 2.45. The number of rotatable bonds is 5. The Morgan fingerprint density at radius 3 is 2.77 bits per heavy atom. The summed E-state index contributed by atoms with van der Waals surface area (Å²) in [5.41, 5.74) is 7.80. The fourth-order valence-corrected chi connectivity index (χ4v) is 2.28. The van der Waals surface area contributed by atoms with Crippen molar-refractivity contribution in [3.05, 3.63) is 34.3 Å². The van der Waals surface area contributed by atoms with Crippen LogP contribution < -0.4 is 17.2 Å². The number of nitrogen functional groups attached to an aromatic ring is 1. The molecule has 2 heterocycles. The topological polar surface area (TPSA) is 187 Å². The van der Waals surface area contributed by atoms with Crippen LogP contribution in [0.3, 0.4) is 0 Å². The second-order valence-corrected chi connectivity index (χ2v) is 5.95. The lowest BCUT2D eigenvalue weighted by molar-refractivity contribution is -0.145. The van der Waals surface area contributed by atoms with Gasteiger partial charge in [0.1, 0.15) is 24.5 Å². The molecule has 3 atom stereocenters. The maximum absolute atomic E-state index is 12.1. The molecule has 2 rings (SSSR count). The van der Waals surface area contributed by atoms with E-state index in [9.17, 15) is 25.1 Å². The number of nitriles is 1. The van der Waals surface area contributed by atoms with Crippen molar-refractivity contribution in [3.63, 3.8) is 0 Å². The van der Waals surface area contributed by atoms with Crippen LogP contribution in [0.4, 0.5) is 5.82 Å². The highest BCUT2D eigenvalue weighted by Gasteiger charge is 2.54. The van der Waals surface area contributed by atoms with Crippen molar-refractivity contribution in [1.82, 2.24) is 9.55 Å². The zero-order chi connectivity index (χ0) is 19.6. The third-order valence-corrected chi connectivity index (χ3v) is 3.86. The monoisotopic (exact) mass is 365 g/mol. The molecule has 1 aromatic heterocycles. The zero-order valence-electron chi connectivity index (χ0n) is 14.1. The van der Waals surface area contributed by atoms with Gasteiger partial charge < -0.3 is 31.2 Å². The second-order valence-electron chi connectivity index (χ2n) is 5.95. The highest BCUT2D eigenvalue weighted by Crippen LogP contribution is 2.38. The number of aliphatic hydroxyl groups is 2. The van der Waals surface area contributed by atoms with Crippen LogP contribution >= 0.6 is 0 Å². The third kappa shape index (κ3) is 3.13. The number of hydrogen-bond acceptors (Lipinski definition) is 10. The number of nitrogens with zero attached hydrogens (tertiary/aromatic N) is 3. The predicted octanol–water partition coefficient (Wildman–Crippen LogP) is -1.88. The first-order valence-electron chi connectivity index (χ1n) is 7.63. The normalized spacial score (nSPS) is 23.5. The molecule has 0 fully saturated rings. The van der Waals surface area contributed by atoms with E-state index in [2.05, 4.69) is 4.98 Å². The van der Waals surface area contributed by atoms with Gasteiger partial charge >= 0.3 is 17.4 Å². The van der Waals surface area contributed by atoms with E-state index in [-0.39, 0.29) is 17.5 Å². The molecule has 26 heavy (non-hydrogen) atoms. The van der Waals surface area contributed by atoms with Crippen molar-refractivity contribution in [3.8, 4) is 6.07 Å². The van der Waals surface area contributed by atoms with Gasteiger partial charge in [0.15, 0.2) is 17.6 Å². The smallest absolute Gasteiger partial charge is 0.353 e. The van der Waals surface area contributed by atoms with Gasteiger partial charge in [-0.1, -0.05) is 13.8 Å². The number of aromatic nitrogens is 2. The van der Waals surface area contributed by atoms with Crippen LogP contribution in [0.25, 0.3) is 0 Å². The Hall–Kier alpha value is -2.94. The van der Waals surface area contributed by atoms with Gasteiger partial charge in [0, 0.05) is 6.20 Å². The van der Waals surface area contributed by atoms with Crippen LogP contribution in [0.5, 0.6) is 0 Å². The zero-order valence-corrected chi connectivity index (χ0v) is 14.1. The maximum Gasteiger partial charge on any atom is 0.353 e. The molecule has 0 radical (unpaired) electrons. The highest BCUT2D eigenvalue weighted by atomic mass is 16.6. The lowest BCUT2D eigenvalue weighted by atomic mass is 10.1. The lowest BCUT2D eigenvalue weighted by Gasteiger charge is -2.27. The van der Waals surface area contributed by atoms with Gasteiger partial charge in [-0.2, -0.15) is 10.2 Å². The summed E-state index contributed by atoms with van der Waals surface area (Å²) in [6.07, 6.45) is -0.808. The first-order valence-corrected chi connectivity index (χ1v) is 7.63. The molecule has 0 aromatic carbocycles. The summed E-state index contributed by atoms with van der Waals surface area (Å²) < 4.78 is 11.1. The molecule has 6 N–H and O–H groups in total. The lowest BCUT2D eigenvalue weighted by Crippen LogP contribution is -2.49. The minimum atomic E-state index is -2.33. The highest BCUT2D eigenvalue weighted by molar-refractivity contribution is 5.77. The first kappa shape index (κ1) is 19.4. The van der Waals surface area contributed by atoms with E-state index >= 15 is 0 Å². The summed E-state index contributed by atoms with van der Waals surface area (Å²) in [6, 6.07) is 1.87. The van der Waals surface area contributed by atoms with Crippen LogP contribution in [-0.2, 0) is 20.0 Å². The third-order valence-electron chi connectivity index (χ3n) is 3.86. The first-order chi connectivity index (χ1) is 12.2. The fraction of sp³-hybridized carbons (Fsp3) is 0.467. The maximum atomic E-state index is 12.1. The summed E-state index contributed by atoms with van der Waals surface area (Å²) in [6.45, 7) is 2.58. The molecule has 1 aliphatic heterocycles. The van der Waals surface area contributed by atoms with Gasteiger partial charge in [-0.05, 0) is 12.0 Å². The van der Waals surface area contributed by atoms with E-state index in [0.29, 0.717) is 4.57 Å². The largest absolute Gasteiger partial charge is 0.449 e. The number of aliphatic hydroxyl groups excluding tert-OH is 2. The Morgan fingerprint density at radius 1 is 1.62 bits per heavy atom. The SMILES string of the molecule is CC(C)[C@@H](N)C(=O)OC1=C(CO)O[C@@](C#N)(n2ccc(N)nc2=O)C1O. The Labute approximate surface area is 148 Å². The Morgan fingerprint density at radius 2 is 2.27 bits per heavy atom. The van der Waals surface area contributed by atoms with Gasteiger partial charge in [-0.3, -0.25) is 0 Å². The van der Waals surface area contributed by atoms with Crippen LogP contribution in [-0.4, -0.2) is 44.5 Å². The molecule has 0 aliphatic carbocycles. The van der Waals surface area contributed by atoms with Crippen LogP contribution in [0.1, 0.15) is 13.8 Å². The van der Waals surface area contributed by atoms with Gasteiger partial charge in [0.05, 0.1) is 0 Å². The van der Waals surface area contributed by atoms with Gasteiger partial charge in [0.2, 0.25) is 0 Å². The van der Waals surface area contributed by atoms with E-state index in [4.69, 9.17) is 20.9 Å². The number of hydrogen-bond donors (Lipinski definition) is 4. The summed E-state index contributed by atoms with van der Waals surface area (Å²) in [7, 11) is 0. The van der Waals surface area contributed by atoms with E-state index < -0.39 is 41.9 Å².